The Balaban J connectivity index is 1.54. The number of carbonyl (C=O) groups is 2. The highest BCUT2D eigenvalue weighted by Gasteiger charge is 2.34. The molecule has 0 aromatic heterocycles. The third-order valence-corrected chi connectivity index (χ3v) is 5.23. The van der Waals surface area contributed by atoms with Gasteiger partial charge >= 0.3 is 0 Å². The lowest BCUT2D eigenvalue weighted by Crippen LogP contribution is -2.46. The summed E-state index contributed by atoms with van der Waals surface area (Å²) in [6.07, 6.45) is 4.90. The Morgan fingerprint density at radius 2 is 2.00 bits per heavy atom. The van der Waals surface area contributed by atoms with Crippen molar-refractivity contribution < 1.29 is 14.3 Å². The number of nitrogens with one attached hydrogen (secondary N) is 1. The van der Waals surface area contributed by atoms with Crippen LogP contribution >= 0.6 is 15.9 Å². The lowest BCUT2D eigenvalue weighted by atomic mass is 10.1. The van der Waals surface area contributed by atoms with Gasteiger partial charge in [0, 0.05) is 29.7 Å². The Morgan fingerprint density at radius 1 is 1.21 bits per heavy atom. The van der Waals surface area contributed by atoms with Crippen molar-refractivity contribution >= 4 is 27.7 Å². The number of hydrogen-bond donors (Lipinski definition) is 1. The molecule has 2 fully saturated rings. The van der Waals surface area contributed by atoms with Gasteiger partial charge in [-0.3, -0.25) is 9.59 Å². The Kier molecular flexibility index (Phi) is 5.89. The Labute approximate surface area is 150 Å². The summed E-state index contributed by atoms with van der Waals surface area (Å²) in [7, 11) is 0. The zero-order valence-corrected chi connectivity index (χ0v) is 15.3. The fourth-order valence-electron chi connectivity index (χ4n) is 3.39. The molecule has 24 heavy (non-hydrogen) atoms. The van der Waals surface area contributed by atoms with Crippen molar-refractivity contribution in [2.45, 2.75) is 44.2 Å². The first-order valence-electron chi connectivity index (χ1n) is 8.61. The highest BCUT2D eigenvalue weighted by Crippen LogP contribution is 2.21. The summed E-state index contributed by atoms with van der Waals surface area (Å²) in [5, 5.41) is 2.98. The molecule has 1 aromatic carbocycles. The normalized spacial score (nSPS) is 23.5. The van der Waals surface area contributed by atoms with Crippen LogP contribution in [0.15, 0.2) is 28.7 Å². The second-order valence-corrected chi connectivity index (χ2v) is 7.29. The van der Waals surface area contributed by atoms with Crippen LogP contribution in [0.4, 0.5) is 0 Å². The molecular formula is C18H23BrN2O3. The molecule has 2 amide bonds. The van der Waals surface area contributed by atoms with E-state index in [1.54, 1.807) is 17.0 Å². The summed E-state index contributed by atoms with van der Waals surface area (Å²) in [5.41, 5.74) is 0.622. The van der Waals surface area contributed by atoms with Gasteiger partial charge in [-0.25, -0.2) is 0 Å². The monoisotopic (exact) mass is 394 g/mol. The van der Waals surface area contributed by atoms with Gasteiger partial charge in [0.2, 0.25) is 5.91 Å². The van der Waals surface area contributed by atoms with E-state index >= 15 is 0 Å². The third-order valence-electron chi connectivity index (χ3n) is 4.70. The second kappa shape index (κ2) is 8.12. The molecule has 2 atom stereocenters. The van der Waals surface area contributed by atoms with E-state index in [9.17, 15) is 9.59 Å². The molecule has 5 nitrogen and oxygen atoms in total. The molecule has 2 aliphatic rings. The van der Waals surface area contributed by atoms with Crippen LogP contribution in [0.5, 0.6) is 0 Å². The quantitative estimate of drug-likeness (QED) is 0.834. The maximum Gasteiger partial charge on any atom is 0.254 e. The molecule has 130 valence electrons. The second-order valence-electron chi connectivity index (χ2n) is 6.38. The van der Waals surface area contributed by atoms with E-state index in [-0.39, 0.29) is 24.0 Å². The number of ether oxygens (including phenoxy) is 1. The highest BCUT2D eigenvalue weighted by atomic mass is 79.9. The molecule has 6 heteroatoms. The predicted molar refractivity (Wildman–Crippen MR) is 94.8 cm³/mol. The number of hydrogen-bond acceptors (Lipinski definition) is 3. The Hall–Kier alpha value is -1.40. The number of carbonyl (C=O) groups excluding carboxylic acids is 2. The molecule has 0 radical (unpaired) electrons. The maximum absolute atomic E-state index is 12.7. The van der Waals surface area contributed by atoms with Crippen LogP contribution in [0.3, 0.4) is 0 Å². The van der Waals surface area contributed by atoms with E-state index in [0.717, 1.165) is 43.2 Å². The van der Waals surface area contributed by atoms with Gasteiger partial charge < -0.3 is 15.0 Å². The number of likely N-dealkylation sites (tertiary alicyclic amines) is 1. The van der Waals surface area contributed by atoms with Crippen molar-refractivity contribution in [3.05, 3.63) is 34.3 Å². The summed E-state index contributed by atoms with van der Waals surface area (Å²) >= 11 is 3.37. The SMILES string of the molecule is O=C(NCCC1CCCO1)C1CCCN1C(=O)c1ccc(Br)cc1. The van der Waals surface area contributed by atoms with Crippen LogP contribution in [-0.2, 0) is 9.53 Å². The maximum atomic E-state index is 12.7. The minimum Gasteiger partial charge on any atom is -0.378 e. The number of rotatable bonds is 5. The first-order valence-corrected chi connectivity index (χ1v) is 9.40. The molecule has 2 aliphatic heterocycles. The summed E-state index contributed by atoms with van der Waals surface area (Å²) in [6, 6.07) is 6.92. The fraction of sp³-hybridized carbons (Fsp3) is 0.556. The largest absolute Gasteiger partial charge is 0.378 e. The molecule has 0 aliphatic carbocycles. The minimum atomic E-state index is -0.356. The van der Waals surface area contributed by atoms with Crippen LogP contribution in [0.2, 0.25) is 0 Å². The van der Waals surface area contributed by atoms with Crippen LogP contribution in [0.25, 0.3) is 0 Å². The first-order chi connectivity index (χ1) is 11.6. The molecule has 2 heterocycles. The predicted octanol–water partition coefficient (Wildman–Crippen LogP) is 2.74. The van der Waals surface area contributed by atoms with E-state index < -0.39 is 0 Å². The van der Waals surface area contributed by atoms with E-state index in [1.807, 2.05) is 12.1 Å². The van der Waals surface area contributed by atoms with Gasteiger partial charge in [0.05, 0.1) is 6.10 Å². The Bertz CT molecular complexity index is 584. The zero-order chi connectivity index (χ0) is 16.9. The topological polar surface area (TPSA) is 58.6 Å². The number of benzene rings is 1. The van der Waals surface area contributed by atoms with Gasteiger partial charge in [0.1, 0.15) is 6.04 Å². The van der Waals surface area contributed by atoms with Gasteiger partial charge in [0.15, 0.2) is 0 Å². The van der Waals surface area contributed by atoms with E-state index in [0.29, 0.717) is 18.7 Å². The van der Waals surface area contributed by atoms with Crippen molar-refractivity contribution in [2.24, 2.45) is 0 Å². The van der Waals surface area contributed by atoms with Crippen molar-refractivity contribution in [2.75, 3.05) is 19.7 Å². The molecule has 2 saturated heterocycles. The van der Waals surface area contributed by atoms with Crippen LogP contribution in [0.1, 0.15) is 42.5 Å². The Morgan fingerprint density at radius 3 is 2.71 bits per heavy atom. The van der Waals surface area contributed by atoms with Gasteiger partial charge in [-0.05, 0) is 56.4 Å². The lowest BCUT2D eigenvalue weighted by molar-refractivity contribution is -0.124. The standard InChI is InChI=1S/C18H23BrN2O3/c19-14-7-5-13(6-8-14)18(23)21-11-1-4-16(21)17(22)20-10-9-15-3-2-12-24-15/h5-8,15-16H,1-4,9-12H2,(H,20,22). The molecule has 2 unspecified atom stereocenters. The minimum absolute atomic E-state index is 0.0454. The van der Waals surface area contributed by atoms with E-state index in [4.69, 9.17) is 4.74 Å². The number of halogens is 1. The van der Waals surface area contributed by atoms with Gasteiger partial charge in [-0.2, -0.15) is 0 Å². The fourth-order valence-corrected chi connectivity index (χ4v) is 3.65. The zero-order valence-electron chi connectivity index (χ0n) is 13.7. The molecule has 1 aromatic rings. The molecule has 3 rings (SSSR count). The smallest absolute Gasteiger partial charge is 0.254 e. The van der Waals surface area contributed by atoms with Crippen LogP contribution in [-0.4, -0.2) is 48.6 Å². The average molecular weight is 395 g/mol. The van der Waals surface area contributed by atoms with Gasteiger partial charge in [-0.15, -0.1) is 0 Å². The molecule has 1 N–H and O–H groups in total. The summed E-state index contributed by atoms with van der Waals surface area (Å²) < 4.78 is 6.50. The van der Waals surface area contributed by atoms with E-state index in [2.05, 4.69) is 21.2 Å². The van der Waals surface area contributed by atoms with Crippen LogP contribution < -0.4 is 5.32 Å². The molecule has 0 spiro atoms. The summed E-state index contributed by atoms with van der Waals surface area (Å²) in [4.78, 5) is 26.8. The van der Waals surface area contributed by atoms with Crippen molar-refractivity contribution in [3.8, 4) is 0 Å². The van der Waals surface area contributed by atoms with Gasteiger partial charge in [-0.1, -0.05) is 15.9 Å². The van der Waals surface area contributed by atoms with Gasteiger partial charge in [0.25, 0.3) is 5.91 Å². The summed E-state index contributed by atoms with van der Waals surface area (Å²) in [6.45, 7) is 2.08. The van der Waals surface area contributed by atoms with Crippen molar-refractivity contribution in [1.29, 1.82) is 0 Å². The number of amides is 2. The van der Waals surface area contributed by atoms with Crippen LogP contribution in [0, 0.1) is 0 Å². The molecule has 0 saturated carbocycles. The first kappa shape index (κ1) is 17.4. The highest BCUT2D eigenvalue weighted by molar-refractivity contribution is 9.10. The molecular weight excluding hydrogens is 372 g/mol. The lowest BCUT2D eigenvalue weighted by Gasteiger charge is -2.24. The van der Waals surface area contributed by atoms with Crippen molar-refractivity contribution in [3.63, 3.8) is 0 Å². The number of nitrogens with zero attached hydrogens (tertiary/aromatic N) is 1. The third kappa shape index (κ3) is 4.16. The van der Waals surface area contributed by atoms with E-state index in [1.165, 1.54) is 0 Å². The average Bonchev–Trinajstić information content (AvgIpc) is 3.26. The summed E-state index contributed by atoms with van der Waals surface area (Å²) in [5.74, 6) is -0.116. The van der Waals surface area contributed by atoms with Crippen molar-refractivity contribution in [1.82, 2.24) is 10.2 Å². The molecule has 0 bridgehead atoms.